The zero-order valence-corrected chi connectivity index (χ0v) is 15.6. The zero-order chi connectivity index (χ0) is 14.2. The first-order chi connectivity index (χ1) is 8.95. The van der Waals surface area contributed by atoms with Crippen LogP contribution in [0.2, 0.25) is 5.02 Å². The predicted octanol–water partition coefficient (Wildman–Crippen LogP) is 5.85. The van der Waals surface area contributed by atoms with E-state index in [1.807, 2.05) is 14.0 Å². The Morgan fingerprint density at radius 2 is 1.84 bits per heavy atom. The van der Waals surface area contributed by atoms with Crippen LogP contribution in [0.1, 0.15) is 27.6 Å². The van der Waals surface area contributed by atoms with E-state index in [0.29, 0.717) is 0 Å². The fourth-order valence-electron chi connectivity index (χ4n) is 1.96. The van der Waals surface area contributed by atoms with Gasteiger partial charge in [0.2, 0.25) is 0 Å². The van der Waals surface area contributed by atoms with Gasteiger partial charge in [-0.05, 0) is 55.1 Å². The molecule has 0 aliphatic rings. The molecule has 1 atom stereocenters. The number of aryl methyl sites for hydroxylation is 2. The van der Waals surface area contributed by atoms with Crippen molar-refractivity contribution < 1.29 is 0 Å². The molecule has 1 heterocycles. The molecular formula is C14H14Br2ClNS. The number of nitrogens with one attached hydrogen (secondary N) is 1. The summed E-state index contributed by atoms with van der Waals surface area (Å²) in [5, 5.41) is 6.30. The minimum Gasteiger partial charge on any atom is -0.309 e. The van der Waals surface area contributed by atoms with Gasteiger partial charge in [-0.3, -0.25) is 0 Å². The van der Waals surface area contributed by atoms with Crippen LogP contribution in [0.25, 0.3) is 0 Å². The van der Waals surface area contributed by atoms with Gasteiger partial charge in [-0.15, -0.1) is 11.3 Å². The molecule has 0 bridgehead atoms. The molecule has 0 radical (unpaired) electrons. The van der Waals surface area contributed by atoms with Crippen LogP contribution in [0.15, 0.2) is 26.5 Å². The Morgan fingerprint density at radius 1 is 1.16 bits per heavy atom. The lowest BCUT2D eigenvalue weighted by Crippen LogP contribution is -2.17. The number of rotatable bonds is 3. The largest absolute Gasteiger partial charge is 0.309 e. The molecule has 0 saturated heterocycles. The van der Waals surface area contributed by atoms with Gasteiger partial charge in [-0.2, -0.15) is 0 Å². The molecule has 1 N–H and O–H groups in total. The molecule has 2 rings (SSSR count). The van der Waals surface area contributed by atoms with Gasteiger partial charge in [0.15, 0.2) is 0 Å². The standard InChI is InChI=1S/C14H14Br2ClNS/c1-7-4-11(16)9(5-10(7)15)13(18-3)14-12(17)8(2)6-19-14/h4-6,13,18H,1-3H3. The van der Waals surface area contributed by atoms with Crippen molar-refractivity contribution >= 4 is 54.8 Å². The average Bonchev–Trinajstić information content (AvgIpc) is 2.68. The van der Waals surface area contributed by atoms with Crippen molar-refractivity contribution in [2.75, 3.05) is 7.05 Å². The highest BCUT2D eigenvalue weighted by molar-refractivity contribution is 9.11. The van der Waals surface area contributed by atoms with Crippen LogP contribution in [0.5, 0.6) is 0 Å². The fraction of sp³-hybridized carbons (Fsp3) is 0.286. The van der Waals surface area contributed by atoms with Gasteiger partial charge in [-0.25, -0.2) is 0 Å². The molecular weight excluding hydrogens is 409 g/mol. The van der Waals surface area contributed by atoms with Crippen LogP contribution >= 0.6 is 54.8 Å². The predicted molar refractivity (Wildman–Crippen MR) is 91.5 cm³/mol. The summed E-state index contributed by atoms with van der Waals surface area (Å²) < 4.78 is 2.20. The lowest BCUT2D eigenvalue weighted by Gasteiger charge is -2.19. The van der Waals surface area contributed by atoms with Crippen molar-refractivity contribution in [1.29, 1.82) is 0 Å². The van der Waals surface area contributed by atoms with Crippen molar-refractivity contribution in [3.63, 3.8) is 0 Å². The third kappa shape index (κ3) is 3.08. The first kappa shape index (κ1) is 15.5. The molecule has 1 nitrogen and oxygen atoms in total. The van der Waals surface area contributed by atoms with E-state index in [9.17, 15) is 0 Å². The van der Waals surface area contributed by atoms with E-state index >= 15 is 0 Å². The quantitative estimate of drug-likeness (QED) is 0.653. The number of halogens is 3. The summed E-state index contributed by atoms with van der Waals surface area (Å²) >= 11 is 15.3. The highest BCUT2D eigenvalue weighted by Crippen LogP contribution is 2.39. The molecule has 0 spiro atoms. The molecule has 0 aliphatic carbocycles. The third-order valence-electron chi connectivity index (χ3n) is 3.07. The number of thiophene rings is 1. The molecule has 2 aromatic rings. The Kier molecular flexibility index (Phi) is 5.12. The maximum atomic E-state index is 6.40. The molecule has 1 aromatic carbocycles. The fourth-order valence-corrected chi connectivity index (χ4v) is 4.43. The molecule has 102 valence electrons. The topological polar surface area (TPSA) is 12.0 Å². The van der Waals surface area contributed by atoms with Gasteiger partial charge >= 0.3 is 0 Å². The van der Waals surface area contributed by atoms with E-state index in [1.54, 1.807) is 11.3 Å². The van der Waals surface area contributed by atoms with E-state index in [-0.39, 0.29) is 6.04 Å². The van der Waals surface area contributed by atoms with Crippen molar-refractivity contribution in [3.05, 3.63) is 53.0 Å². The van der Waals surface area contributed by atoms with Gasteiger partial charge in [0.25, 0.3) is 0 Å². The summed E-state index contributed by atoms with van der Waals surface area (Å²) in [7, 11) is 1.95. The first-order valence-corrected chi connectivity index (χ1v) is 8.66. The second-order valence-corrected chi connectivity index (χ2v) is 7.44. The zero-order valence-electron chi connectivity index (χ0n) is 10.9. The Hall–Kier alpha value is 0.130. The summed E-state index contributed by atoms with van der Waals surface area (Å²) in [5.74, 6) is 0. The minimum absolute atomic E-state index is 0.0949. The van der Waals surface area contributed by atoms with E-state index in [1.165, 1.54) is 11.1 Å². The van der Waals surface area contributed by atoms with Crippen molar-refractivity contribution in [2.45, 2.75) is 19.9 Å². The van der Waals surface area contributed by atoms with Gasteiger partial charge in [0.05, 0.1) is 11.1 Å². The smallest absolute Gasteiger partial charge is 0.0695 e. The molecule has 1 unspecified atom stereocenters. The van der Waals surface area contributed by atoms with E-state index in [0.717, 1.165) is 24.4 Å². The molecule has 0 amide bonds. The summed E-state index contributed by atoms with van der Waals surface area (Å²) in [6.07, 6.45) is 0. The minimum atomic E-state index is 0.0949. The summed E-state index contributed by atoms with van der Waals surface area (Å²) in [6, 6.07) is 4.36. The second-order valence-electron chi connectivity index (χ2n) is 4.44. The molecule has 1 aromatic heterocycles. The highest BCUT2D eigenvalue weighted by Gasteiger charge is 2.21. The number of benzene rings is 1. The van der Waals surface area contributed by atoms with E-state index < -0.39 is 0 Å². The summed E-state index contributed by atoms with van der Waals surface area (Å²) in [4.78, 5) is 1.15. The Bertz CT molecular complexity index is 610. The van der Waals surface area contributed by atoms with Crippen LogP contribution in [-0.4, -0.2) is 7.05 Å². The van der Waals surface area contributed by atoms with Crippen LogP contribution in [-0.2, 0) is 0 Å². The van der Waals surface area contributed by atoms with E-state index in [2.05, 4.69) is 61.6 Å². The lowest BCUT2D eigenvalue weighted by molar-refractivity contribution is 0.700. The molecule has 0 aliphatic heterocycles. The normalized spacial score (nSPS) is 12.7. The number of hydrogen-bond donors (Lipinski definition) is 1. The third-order valence-corrected chi connectivity index (χ3v) is 6.39. The Labute approximate surface area is 139 Å². The van der Waals surface area contributed by atoms with Crippen LogP contribution in [0, 0.1) is 13.8 Å². The lowest BCUT2D eigenvalue weighted by atomic mass is 10.0. The van der Waals surface area contributed by atoms with Crippen molar-refractivity contribution in [3.8, 4) is 0 Å². The maximum absolute atomic E-state index is 6.40. The molecule has 0 saturated carbocycles. The highest BCUT2D eigenvalue weighted by atomic mass is 79.9. The molecule has 19 heavy (non-hydrogen) atoms. The van der Waals surface area contributed by atoms with Crippen molar-refractivity contribution in [2.24, 2.45) is 0 Å². The van der Waals surface area contributed by atoms with Crippen LogP contribution < -0.4 is 5.32 Å². The van der Waals surface area contributed by atoms with Gasteiger partial charge in [-0.1, -0.05) is 43.5 Å². The maximum Gasteiger partial charge on any atom is 0.0695 e. The monoisotopic (exact) mass is 421 g/mol. The first-order valence-electron chi connectivity index (χ1n) is 5.82. The summed E-state index contributed by atoms with van der Waals surface area (Å²) in [6.45, 7) is 4.12. The van der Waals surface area contributed by atoms with Crippen LogP contribution in [0.3, 0.4) is 0 Å². The average molecular weight is 424 g/mol. The van der Waals surface area contributed by atoms with Gasteiger partial charge < -0.3 is 5.32 Å². The molecule has 0 fully saturated rings. The van der Waals surface area contributed by atoms with Crippen LogP contribution in [0.4, 0.5) is 0 Å². The number of hydrogen-bond acceptors (Lipinski definition) is 2. The van der Waals surface area contributed by atoms with Crippen molar-refractivity contribution in [1.82, 2.24) is 5.32 Å². The SMILES string of the molecule is CNC(c1cc(Br)c(C)cc1Br)c1scc(C)c1Cl. The Balaban J connectivity index is 2.54. The Morgan fingerprint density at radius 3 is 2.37 bits per heavy atom. The van der Waals surface area contributed by atoms with Gasteiger partial charge in [0.1, 0.15) is 0 Å². The summed E-state index contributed by atoms with van der Waals surface area (Å²) in [5.41, 5.74) is 3.52. The van der Waals surface area contributed by atoms with Gasteiger partial charge in [0, 0.05) is 13.8 Å². The molecule has 5 heteroatoms. The van der Waals surface area contributed by atoms with E-state index in [4.69, 9.17) is 11.6 Å². The second kappa shape index (κ2) is 6.27.